The van der Waals surface area contributed by atoms with E-state index in [1.54, 1.807) is 0 Å². The average molecular weight is 211 g/mol. The molecular formula is C8H9N3O4. The minimum absolute atomic E-state index is 0.0488. The molecular weight excluding hydrogens is 202 g/mol. The van der Waals surface area contributed by atoms with Crippen molar-refractivity contribution in [2.24, 2.45) is 5.92 Å². The molecule has 1 aromatic rings. The van der Waals surface area contributed by atoms with Gasteiger partial charge in [0.2, 0.25) is 12.3 Å². The first-order chi connectivity index (χ1) is 7.16. The summed E-state index contributed by atoms with van der Waals surface area (Å²) in [6.45, 7) is 0.418. The van der Waals surface area contributed by atoms with Crippen LogP contribution in [0.15, 0.2) is 10.9 Å². The zero-order chi connectivity index (χ0) is 10.8. The van der Waals surface area contributed by atoms with Crippen molar-refractivity contribution >= 4 is 11.9 Å². The Morgan fingerprint density at radius 1 is 1.73 bits per heavy atom. The number of hydrogen-bond donors (Lipinski definition) is 1. The van der Waals surface area contributed by atoms with Crippen molar-refractivity contribution in [3.05, 3.63) is 12.2 Å². The van der Waals surface area contributed by atoms with Gasteiger partial charge in [-0.15, -0.1) is 0 Å². The Kier molecular flexibility index (Phi) is 2.36. The highest BCUT2D eigenvalue weighted by Crippen LogP contribution is 2.19. The minimum atomic E-state index is -0.945. The van der Waals surface area contributed by atoms with Crippen LogP contribution >= 0.6 is 0 Å². The number of nitrogens with zero attached hydrogens (tertiary/aromatic N) is 3. The molecule has 1 aliphatic rings. The fourth-order valence-electron chi connectivity index (χ4n) is 1.52. The number of hydrogen-bond acceptors (Lipinski definition) is 5. The molecule has 2 rings (SSSR count). The van der Waals surface area contributed by atoms with Crippen LogP contribution in [0.2, 0.25) is 0 Å². The first-order valence-corrected chi connectivity index (χ1v) is 4.42. The van der Waals surface area contributed by atoms with Gasteiger partial charge in [0, 0.05) is 13.0 Å². The molecule has 2 heterocycles. The van der Waals surface area contributed by atoms with Gasteiger partial charge >= 0.3 is 5.97 Å². The Hall–Kier alpha value is -1.92. The van der Waals surface area contributed by atoms with E-state index in [0.29, 0.717) is 5.82 Å². The van der Waals surface area contributed by atoms with Gasteiger partial charge < -0.3 is 14.5 Å². The summed E-state index contributed by atoms with van der Waals surface area (Å²) < 4.78 is 4.52. The van der Waals surface area contributed by atoms with Crippen LogP contribution in [0.1, 0.15) is 12.2 Å². The first kappa shape index (κ1) is 9.63. The molecule has 0 aliphatic carbocycles. The average Bonchev–Trinajstić information content (AvgIpc) is 2.77. The maximum atomic E-state index is 11.4. The number of carboxylic acid groups (broad SMARTS) is 1. The number of carboxylic acids is 1. The Bertz CT molecular complexity index is 375. The predicted molar refractivity (Wildman–Crippen MR) is 45.5 cm³/mol. The lowest BCUT2D eigenvalue weighted by Gasteiger charge is -2.12. The van der Waals surface area contributed by atoms with Crippen LogP contribution in [0.3, 0.4) is 0 Å². The number of aliphatic carboxylic acids is 1. The summed E-state index contributed by atoms with van der Waals surface area (Å²) in [6.07, 6.45) is 1.22. The Morgan fingerprint density at radius 3 is 3.07 bits per heavy atom. The van der Waals surface area contributed by atoms with Gasteiger partial charge in [-0.3, -0.25) is 9.59 Å². The second-order valence-corrected chi connectivity index (χ2v) is 3.36. The van der Waals surface area contributed by atoms with Crippen molar-refractivity contribution in [1.82, 2.24) is 15.0 Å². The van der Waals surface area contributed by atoms with Gasteiger partial charge in [0.05, 0.1) is 12.5 Å². The van der Waals surface area contributed by atoms with Gasteiger partial charge in [0.15, 0.2) is 5.82 Å². The lowest BCUT2D eigenvalue weighted by Crippen LogP contribution is -2.26. The van der Waals surface area contributed by atoms with Gasteiger partial charge in [-0.25, -0.2) is 0 Å². The number of aromatic nitrogens is 2. The van der Waals surface area contributed by atoms with Crippen LogP contribution < -0.4 is 0 Å². The molecule has 1 atom stereocenters. The maximum Gasteiger partial charge on any atom is 0.308 e. The fourth-order valence-corrected chi connectivity index (χ4v) is 1.52. The van der Waals surface area contributed by atoms with E-state index in [1.807, 2.05) is 0 Å². The Balaban J connectivity index is 2.00. The minimum Gasteiger partial charge on any atom is -0.481 e. The van der Waals surface area contributed by atoms with Crippen molar-refractivity contribution in [2.45, 2.75) is 13.0 Å². The second-order valence-electron chi connectivity index (χ2n) is 3.36. The highest BCUT2D eigenvalue weighted by molar-refractivity contribution is 5.85. The zero-order valence-electron chi connectivity index (χ0n) is 7.79. The monoisotopic (exact) mass is 211 g/mol. The largest absolute Gasteiger partial charge is 0.481 e. The molecule has 1 N–H and O–H groups in total. The summed E-state index contributed by atoms with van der Waals surface area (Å²) in [6, 6.07) is 0. The third kappa shape index (κ3) is 1.95. The lowest BCUT2D eigenvalue weighted by atomic mass is 10.1. The summed E-state index contributed by atoms with van der Waals surface area (Å²) in [5.74, 6) is -1.37. The Morgan fingerprint density at radius 2 is 2.53 bits per heavy atom. The third-order valence-corrected chi connectivity index (χ3v) is 2.30. The molecule has 80 valence electrons. The van der Waals surface area contributed by atoms with Crippen LogP contribution in [0.4, 0.5) is 0 Å². The zero-order valence-corrected chi connectivity index (χ0v) is 7.79. The molecule has 7 nitrogen and oxygen atoms in total. The number of rotatable bonds is 3. The second kappa shape index (κ2) is 3.68. The van der Waals surface area contributed by atoms with Crippen LogP contribution in [-0.4, -0.2) is 38.6 Å². The lowest BCUT2D eigenvalue weighted by molar-refractivity contribution is -0.141. The molecule has 1 aromatic heterocycles. The van der Waals surface area contributed by atoms with E-state index in [1.165, 1.54) is 11.3 Å². The van der Waals surface area contributed by atoms with Crippen LogP contribution in [0.25, 0.3) is 0 Å². The van der Waals surface area contributed by atoms with E-state index in [9.17, 15) is 9.59 Å². The maximum absolute atomic E-state index is 11.4. The van der Waals surface area contributed by atoms with Crippen molar-refractivity contribution in [1.29, 1.82) is 0 Å². The van der Waals surface area contributed by atoms with Gasteiger partial charge in [-0.1, -0.05) is 5.16 Å². The fraction of sp³-hybridized carbons (Fsp3) is 0.500. The Labute approximate surface area is 84.7 Å². The highest BCUT2D eigenvalue weighted by Gasteiger charge is 2.34. The molecule has 0 aromatic carbocycles. The summed E-state index contributed by atoms with van der Waals surface area (Å²) >= 11 is 0. The molecule has 1 saturated heterocycles. The van der Waals surface area contributed by atoms with Gasteiger partial charge in [0.1, 0.15) is 0 Å². The molecule has 1 unspecified atom stereocenters. The molecule has 0 spiro atoms. The van der Waals surface area contributed by atoms with Crippen molar-refractivity contribution in [3.8, 4) is 0 Å². The van der Waals surface area contributed by atoms with E-state index in [2.05, 4.69) is 14.7 Å². The summed E-state index contributed by atoms with van der Waals surface area (Å²) in [5.41, 5.74) is 0. The first-order valence-electron chi connectivity index (χ1n) is 4.42. The van der Waals surface area contributed by atoms with E-state index < -0.39 is 11.9 Å². The molecule has 1 fully saturated rings. The summed E-state index contributed by atoms with van der Waals surface area (Å²) in [7, 11) is 0. The summed E-state index contributed by atoms with van der Waals surface area (Å²) in [5, 5.41) is 12.3. The number of amides is 1. The highest BCUT2D eigenvalue weighted by atomic mass is 16.5. The third-order valence-electron chi connectivity index (χ3n) is 2.30. The van der Waals surface area contributed by atoms with Crippen LogP contribution in [-0.2, 0) is 16.1 Å². The predicted octanol–water partition coefficient (Wildman–Crippen LogP) is -0.497. The van der Waals surface area contributed by atoms with E-state index in [0.717, 1.165) is 0 Å². The van der Waals surface area contributed by atoms with Crippen LogP contribution in [0, 0.1) is 5.92 Å². The van der Waals surface area contributed by atoms with Gasteiger partial charge in [-0.2, -0.15) is 4.98 Å². The SMILES string of the molecule is O=C(O)C1CC(=O)N(Cc2ncon2)C1. The molecule has 15 heavy (non-hydrogen) atoms. The summed E-state index contributed by atoms with van der Waals surface area (Å²) in [4.78, 5) is 27.2. The smallest absolute Gasteiger partial charge is 0.308 e. The molecule has 1 amide bonds. The van der Waals surface area contributed by atoms with E-state index in [4.69, 9.17) is 5.11 Å². The number of likely N-dealkylation sites (tertiary alicyclic amines) is 1. The molecule has 7 heteroatoms. The van der Waals surface area contributed by atoms with Crippen LogP contribution in [0.5, 0.6) is 0 Å². The number of carbonyl (C=O) groups is 2. The molecule has 0 saturated carbocycles. The molecule has 1 aliphatic heterocycles. The van der Waals surface area contributed by atoms with Crippen molar-refractivity contribution in [2.75, 3.05) is 6.54 Å². The topological polar surface area (TPSA) is 96.5 Å². The van der Waals surface area contributed by atoms with Crippen molar-refractivity contribution in [3.63, 3.8) is 0 Å². The van der Waals surface area contributed by atoms with Crippen molar-refractivity contribution < 1.29 is 19.2 Å². The standard InChI is InChI=1S/C8H9N3O4/c12-7-1-5(8(13)14)2-11(7)3-6-9-4-15-10-6/h4-5H,1-3H2,(H,13,14). The van der Waals surface area contributed by atoms with Gasteiger partial charge in [0.25, 0.3) is 0 Å². The van der Waals surface area contributed by atoms with Gasteiger partial charge in [-0.05, 0) is 0 Å². The molecule has 0 bridgehead atoms. The number of carbonyl (C=O) groups excluding carboxylic acids is 1. The van der Waals surface area contributed by atoms with E-state index in [-0.39, 0.29) is 25.4 Å². The normalized spacial score (nSPS) is 20.9. The quantitative estimate of drug-likeness (QED) is 0.724. The molecule has 0 radical (unpaired) electrons. The van der Waals surface area contributed by atoms with E-state index >= 15 is 0 Å².